The van der Waals surface area contributed by atoms with Crippen LogP contribution in [0.5, 0.6) is 0 Å². The van der Waals surface area contributed by atoms with Gasteiger partial charge in [0.05, 0.1) is 19.4 Å². The Balaban J connectivity index is 1.71. The molecule has 3 N–H and O–H groups in total. The second-order valence-corrected chi connectivity index (χ2v) is 5.41. The van der Waals surface area contributed by atoms with E-state index in [0.29, 0.717) is 30.9 Å². The molecule has 0 aliphatic heterocycles. The summed E-state index contributed by atoms with van der Waals surface area (Å²) in [6.07, 6.45) is 2.35. The van der Waals surface area contributed by atoms with Crippen LogP contribution in [0.25, 0.3) is 0 Å². The predicted molar refractivity (Wildman–Crippen MR) is 94.3 cm³/mol. The van der Waals surface area contributed by atoms with Crippen LogP contribution < -0.4 is 16.0 Å². The molecule has 0 saturated heterocycles. The van der Waals surface area contributed by atoms with Crippen LogP contribution in [0.3, 0.4) is 0 Å². The van der Waals surface area contributed by atoms with Crippen LogP contribution in [0.4, 0.5) is 5.69 Å². The molecular weight excluding hydrogens is 322 g/mol. The summed E-state index contributed by atoms with van der Waals surface area (Å²) < 4.78 is 10.1. The molecule has 1 aromatic carbocycles. The molecule has 1 heterocycles. The van der Waals surface area contributed by atoms with Crippen LogP contribution in [0.1, 0.15) is 22.5 Å². The fourth-order valence-corrected chi connectivity index (χ4v) is 2.14. The number of methoxy groups -OCH3 is 1. The lowest BCUT2D eigenvalue weighted by Gasteiger charge is -2.08. The van der Waals surface area contributed by atoms with Crippen LogP contribution in [-0.2, 0) is 16.1 Å². The number of rotatable bonds is 10. The van der Waals surface area contributed by atoms with E-state index in [1.54, 1.807) is 43.7 Å². The summed E-state index contributed by atoms with van der Waals surface area (Å²) in [7, 11) is 1.63. The highest BCUT2D eigenvalue weighted by Crippen LogP contribution is 2.09. The number of benzene rings is 1. The van der Waals surface area contributed by atoms with Crippen LogP contribution >= 0.6 is 0 Å². The van der Waals surface area contributed by atoms with Gasteiger partial charge in [-0.2, -0.15) is 0 Å². The Labute approximate surface area is 146 Å². The Morgan fingerprint density at radius 2 is 1.96 bits per heavy atom. The quantitative estimate of drug-likeness (QED) is 0.571. The summed E-state index contributed by atoms with van der Waals surface area (Å²) in [6, 6.07) is 10.4. The number of carbonyl (C=O) groups excluding carboxylic acids is 2. The normalized spacial score (nSPS) is 10.4. The van der Waals surface area contributed by atoms with E-state index < -0.39 is 0 Å². The number of ether oxygens (including phenoxy) is 1. The van der Waals surface area contributed by atoms with Crippen molar-refractivity contribution in [2.24, 2.45) is 0 Å². The van der Waals surface area contributed by atoms with E-state index in [1.165, 1.54) is 0 Å². The van der Waals surface area contributed by atoms with Crippen molar-refractivity contribution in [2.45, 2.75) is 13.0 Å². The van der Waals surface area contributed by atoms with Crippen molar-refractivity contribution in [3.05, 3.63) is 54.0 Å². The molecule has 2 rings (SSSR count). The Morgan fingerprint density at radius 1 is 1.16 bits per heavy atom. The Hall–Kier alpha value is -2.64. The van der Waals surface area contributed by atoms with Crippen LogP contribution in [0.2, 0.25) is 0 Å². The van der Waals surface area contributed by atoms with Crippen molar-refractivity contribution < 1.29 is 18.7 Å². The van der Waals surface area contributed by atoms with E-state index in [4.69, 9.17) is 9.15 Å². The zero-order chi connectivity index (χ0) is 17.9. The van der Waals surface area contributed by atoms with Gasteiger partial charge in [0.15, 0.2) is 0 Å². The van der Waals surface area contributed by atoms with Crippen molar-refractivity contribution in [3.63, 3.8) is 0 Å². The summed E-state index contributed by atoms with van der Waals surface area (Å²) in [5.41, 5.74) is 1.19. The average Bonchev–Trinajstić information content (AvgIpc) is 3.12. The maximum atomic E-state index is 11.9. The van der Waals surface area contributed by atoms with Gasteiger partial charge in [0.2, 0.25) is 5.91 Å². The van der Waals surface area contributed by atoms with Crippen LogP contribution in [-0.4, -0.2) is 38.6 Å². The molecular formula is C18H23N3O4. The summed E-state index contributed by atoms with van der Waals surface area (Å²) >= 11 is 0. The topological polar surface area (TPSA) is 92.6 Å². The zero-order valence-corrected chi connectivity index (χ0v) is 14.2. The second kappa shape index (κ2) is 10.3. The van der Waals surface area contributed by atoms with Gasteiger partial charge in [0, 0.05) is 31.5 Å². The minimum atomic E-state index is -0.164. The average molecular weight is 345 g/mol. The maximum Gasteiger partial charge on any atom is 0.251 e. The van der Waals surface area contributed by atoms with Crippen molar-refractivity contribution in [1.29, 1.82) is 0 Å². The van der Waals surface area contributed by atoms with E-state index in [1.807, 2.05) is 6.07 Å². The molecule has 134 valence electrons. The number of carbonyl (C=O) groups is 2. The minimum absolute atomic E-state index is 0.144. The van der Waals surface area contributed by atoms with Crippen molar-refractivity contribution in [1.82, 2.24) is 10.6 Å². The summed E-state index contributed by atoms with van der Waals surface area (Å²) in [5, 5.41) is 8.57. The summed E-state index contributed by atoms with van der Waals surface area (Å²) in [6.45, 7) is 1.83. The third kappa shape index (κ3) is 6.78. The Kier molecular flexibility index (Phi) is 7.68. The lowest BCUT2D eigenvalue weighted by molar-refractivity contribution is -0.115. The molecule has 0 saturated carbocycles. The molecule has 25 heavy (non-hydrogen) atoms. The van der Waals surface area contributed by atoms with Crippen molar-refractivity contribution in [2.75, 3.05) is 32.1 Å². The third-order valence-corrected chi connectivity index (χ3v) is 3.41. The van der Waals surface area contributed by atoms with Gasteiger partial charge in [0.1, 0.15) is 5.76 Å². The Morgan fingerprint density at radius 3 is 2.64 bits per heavy atom. The molecule has 7 heteroatoms. The van der Waals surface area contributed by atoms with Gasteiger partial charge in [-0.3, -0.25) is 9.59 Å². The van der Waals surface area contributed by atoms with Crippen LogP contribution in [0, 0.1) is 0 Å². The molecule has 1 aromatic heterocycles. The van der Waals surface area contributed by atoms with Gasteiger partial charge < -0.3 is 25.1 Å². The van der Waals surface area contributed by atoms with Gasteiger partial charge in [-0.1, -0.05) is 0 Å². The van der Waals surface area contributed by atoms with E-state index >= 15 is 0 Å². The van der Waals surface area contributed by atoms with E-state index in [9.17, 15) is 9.59 Å². The standard InChI is InChI=1S/C18H23N3O4/c1-24-10-3-9-20-18(23)14-5-7-15(8-6-14)21-17(22)13-19-12-16-4-2-11-25-16/h2,4-8,11,19H,3,9-10,12-13H2,1H3,(H,20,23)(H,21,22). The first-order valence-electron chi connectivity index (χ1n) is 8.09. The Bertz CT molecular complexity index is 653. The second-order valence-electron chi connectivity index (χ2n) is 5.41. The number of amides is 2. The van der Waals surface area contributed by atoms with E-state index in [0.717, 1.165) is 12.2 Å². The predicted octanol–water partition coefficient (Wildman–Crippen LogP) is 1.77. The van der Waals surface area contributed by atoms with Gasteiger partial charge in [-0.05, 0) is 42.8 Å². The smallest absolute Gasteiger partial charge is 0.251 e. The highest BCUT2D eigenvalue weighted by Gasteiger charge is 2.06. The largest absolute Gasteiger partial charge is 0.468 e. The van der Waals surface area contributed by atoms with Crippen molar-refractivity contribution >= 4 is 17.5 Å². The molecule has 0 atom stereocenters. The van der Waals surface area contributed by atoms with Gasteiger partial charge in [0.25, 0.3) is 5.91 Å². The first kappa shape index (κ1) is 18.7. The molecule has 2 amide bonds. The first-order valence-corrected chi connectivity index (χ1v) is 8.09. The molecule has 0 radical (unpaired) electrons. The first-order chi connectivity index (χ1) is 12.2. The molecule has 0 bridgehead atoms. The van der Waals surface area contributed by atoms with Crippen molar-refractivity contribution in [3.8, 4) is 0 Å². The molecule has 0 aliphatic rings. The number of hydrogen-bond acceptors (Lipinski definition) is 5. The lowest BCUT2D eigenvalue weighted by Crippen LogP contribution is -2.27. The monoisotopic (exact) mass is 345 g/mol. The number of nitrogens with one attached hydrogen (secondary N) is 3. The number of furan rings is 1. The van der Waals surface area contributed by atoms with E-state index in [2.05, 4.69) is 16.0 Å². The third-order valence-electron chi connectivity index (χ3n) is 3.41. The SMILES string of the molecule is COCCCNC(=O)c1ccc(NC(=O)CNCc2ccco2)cc1. The molecule has 0 unspecified atom stereocenters. The lowest BCUT2D eigenvalue weighted by atomic mass is 10.2. The fourth-order valence-electron chi connectivity index (χ4n) is 2.14. The molecule has 0 spiro atoms. The highest BCUT2D eigenvalue weighted by molar-refractivity contribution is 5.96. The summed E-state index contributed by atoms with van der Waals surface area (Å²) in [5.74, 6) is 0.464. The number of anilines is 1. The summed E-state index contributed by atoms with van der Waals surface area (Å²) in [4.78, 5) is 23.8. The molecule has 2 aromatic rings. The minimum Gasteiger partial charge on any atom is -0.468 e. The molecule has 0 fully saturated rings. The highest BCUT2D eigenvalue weighted by atomic mass is 16.5. The van der Waals surface area contributed by atoms with Gasteiger partial charge in [-0.15, -0.1) is 0 Å². The van der Waals surface area contributed by atoms with Gasteiger partial charge >= 0.3 is 0 Å². The zero-order valence-electron chi connectivity index (χ0n) is 14.2. The van der Waals surface area contributed by atoms with Crippen LogP contribution in [0.15, 0.2) is 47.1 Å². The maximum absolute atomic E-state index is 11.9. The molecule has 7 nitrogen and oxygen atoms in total. The van der Waals surface area contributed by atoms with Gasteiger partial charge in [-0.25, -0.2) is 0 Å². The fraction of sp³-hybridized carbons (Fsp3) is 0.333. The van der Waals surface area contributed by atoms with E-state index in [-0.39, 0.29) is 18.4 Å². The number of hydrogen-bond donors (Lipinski definition) is 3. The molecule has 0 aliphatic carbocycles.